The van der Waals surface area contributed by atoms with Gasteiger partial charge in [-0.2, -0.15) is 5.10 Å². The molecule has 0 aromatic carbocycles. The molecule has 1 amide bonds. The minimum absolute atomic E-state index is 0.122. The molecule has 2 heterocycles. The van der Waals surface area contributed by atoms with Crippen LogP contribution in [0.15, 0.2) is 18.3 Å². The molecule has 0 aliphatic rings. The van der Waals surface area contributed by atoms with E-state index in [4.69, 9.17) is 0 Å². The average Bonchev–Trinajstić information content (AvgIpc) is 2.91. The molecule has 124 valence electrons. The number of aryl methyl sites for hydroxylation is 2. The maximum atomic E-state index is 13.6. The summed E-state index contributed by atoms with van der Waals surface area (Å²) in [5, 5.41) is 6.36. The maximum Gasteiger partial charge on any atom is 0.356 e. The van der Waals surface area contributed by atoms with Gasteiger partial charge in [0.25, 0.3) is 5.91 Å². The molecule has 2 aromatic rings. The SMILES string of the molecule is CC.COC(=O)c1cc(NC(=O)c2cc(C)ncc2F)nn1C. The molecule has 0 unspecified atom stereocenters. The molecule has 23 heavy (non-hydrogen) atoms. The first-order valence-electron chi connectivity index (χ1n) is 6.98. The number of amides is 1. The summed E-state index contributed by atoms with van der Waals surface area (Å²) in [6.07, 6.45) is 0.975. The summed E-state index contributed by atoms with van der Waals surface area (Å²) >= 11 is 0. The Labute approximate surface area is 133 Å². The van der Waals surface area contributed by atoms with Crippen molar-refractivity contribution in [3.63, 3.8) is 0 Å². The minimum atomic E-state index is -0.734. The lowest BCUT2D eigenvalue weighted by atomic mass is 10.2. The summed E-state index contributed by atoms with van der Waals surface area (Å²) in [4.78, 5) is 27.2. The van der Waals surface area contributed by atoms with Crippen molar-refractivity contribution in [2.24, 2.45) is 7.05 Å². The fourth-order valence-corrected chi connectivity index (χ4v) is 1.72. The molecule has 1 N–H and O–H groups in total. The largest absolute Gasteiger partial charge is 0.464 e. The second-order valence-corrected chi connectivity index (χ2v) is 4.29. The van der Waals surface area contributed by atoms with Gasteiger partial charge in [0.15, 0.2) is 11.6 Å². The highest BCUT2D eigenvalue weighted by Crippen LogP contribution is 2.13. The number of methoxy groups -OCH3 is 1. The second-order valence-electron chi connectivity index (χ2n) is 4.29. The van der Waals surface area contributed by atoms with Gasteiger partial charge in [0.1, 0.15) is 5.69 Å². The maximum absolute atomic E-state index is 13.6. The Morgan fingerprint density at radius 1 is 1.30 bits per heavy atom. The molecule has 0 saturated heterocycles. The summed E-state index contributed by atoms with van der Waals surface area (Å²) in [6.45, 7) is 5.65. The number of aromatic nitrogens is 3. The van der Waals surface area contributed by atoms with Crippen LogP contribution in [0, 0.1) is 12.7 Å². The number of carbonyl (C=O) groups excluding carboxylic acids is 2. The van der Waals surface area contributed by atoms with Crippen molar-refractivity contribution in [2.45, 2.75) is 20.8 Å². The third-order valence-electron chi connectivity index (χ3n) is 2.75. The Bertz CT molecular complexity index is 713. The van der Waals surface area contributed by atoms with Crippen LogP contribution in [0.3, 0.4) is 0 Å². The number of rotatable bonds is 3. The number of esters is 1. The quantitative estimate of drug-likeness (QED) is 0.877. The van der Waals surface area contributed by atoms with Gasteiger partial charge in [-0.3, -0.25) is 14.5 Å². The van der Waals surface area contributed by atoms with E-state index < -0.39 is 17.7 Å². The van der Waals surface area contributed by atoms with Crippen LogP contribution in [0.1, 0.15) is 40.4 Å². The van der Waals surface area contributed by atoms with Crippen LogP contribution in [-0.2, 0) is 11.8 Å². The third-order valence-corrected chi connectivity index (χ3v) is 2.75. The topological polar surface area (TPSA) is 86.1 Å². The molecular weight excluding hydrogens is 303 g/mol. The van der Waals surface area contributed by atoms with E-state index in [9.17, 15) is 14.0 Å². The van der Waals surface area contributed by atoms with E-state index in [2.05, 4.69) is 20.1 Å². The summed E-state index contributed by atoms with van der Waals surface area (Å²) in [5.41, 5.74) is 0.532. The van der Waals surface area contributed by atoms with Gasteiger partial charge in [0.05, 0.1) is 18.9 Å². The van der Waals surface area contributed by atoms with Crippen LogP contribution >= 0.6 is 0 Å². The van der Waals surface area contributed by atoms with E-state index in [0.29, 0.717) is 5.69 Å². The number of hydrogen-bond acceptors (Lipinski definition) is 5. The predicted octanol–water partition coefficient (Wildman–Crippen LogP) is 2.33. The average molecular weight is 322 g/mol. The van der Waals surface area contributed by atoms with Gasteiger partial charge < -0.3 is 10.1 Å². The molecule has 7 nitrogen and oxygen atoms in total. The number of pyridine rings is 1. The van der Waals surface area contributed by atoms with Gasteiger partial charge >= 0.3 is 5.97 Å². The number of ether oxygens (including phenoxy) is 1. The van der Waals surface area contributed by atoms with Crippen molar-refractivity contribution in [2.75, 3.05) is 12.4 Å². The molecule has 2 aromatic heterocycles. The lowest BCUT2D eigenvalue weighted by Gasteiger charge is -2.03. The number of nitrogens with one attached hydrogen (secondary N) is 1. The molecule has 0 aliphatic heterocycles. The first kappa shape index (κ1) is 18.3. The van der Waals surface area contributed by atoms with E-state index in [1.54, 1.807) is 6.92 Å². The normalized spacial score (nSPS) is 9.65. The van der Waals surface area contributed by atoms with Gasteiger partial charge in [-0.05, 0) is 13.0 Å². The van der Waals surface area contributed by atoms with Crippen molar-refractivity contribution in [1.82, 2.24) is 14.8 Å². The molecule has 0 fully saturated rings. The van der Waals surface area contributed by atoms with E-state index in [-0.39, 0.29) is 17.1 Å². The zero-order valence-electron chi connectivity index (χ0n) is 13.7. The summed E-state index contributed by atoms with van der Waals surface area (Å²) in [5.74, 6) is -1.87. The predicted molar refractivity (Wildman–Crippen MR) is 82.8 cm³/mol. The summed E-state index contributed by atoms with van der Waals surface area (Å²) in [7, 11) is 2.77. The fraction of sp³-hybridized carbons (Fsp3) is 0.333. The Balaban J connectivity index is 0.00000127. The van der Waals surface area contributed by atoms with Crippen molar-refractivity contribution in [1.29, 1.82) is 0 Å². The summed E-state index contributed by atoms with van der Waals surface area (Å²) in [6, 6.07) is 2.67. The highest BCUT2D eigenvalue weighted by molar-refractivity contribution is 6.04. The van der Waals surface area contributed by atoms with Crippen LogP contribution in [-0.4, -0.2) is 33.8 Å². The zero-order valence-corrected chi connectivity index (χ0v) is 13.7. The van der Waals surface area contributed by atoms with Crippen LogP contribution in [0.5, 0.6) is 0 Å². The molecule has 0 atom stereocenters. The monoisotopic (exact) mass is 322 g/mol. The smallest absolute Gasteiger partial charge is 0.356 e. The van der Waals surface area contributed by atoms with Crippen LogP contribution in [0.25, 0.3) is 0 Å². The fourth-order valence-electron chi connectivity index (χ4n) is 1.72. The van der Waals surface area contributed by atoms with Gasteiger partial charge in [-0.15, -0.1) is 0 Å². The van der Waals surface area contributed by atoms with Gasteiger partial charge in [0, 0.05) is 18.8 Å². The molecular formula is C15H19FN4O3. The molecule has 0 saturated carbocycles. The Morgan fingerprint density at radius 3 is 2.57 bits per heavy atom. The summed E-state index contributed by atoms with van der Waals surface area (Å²) < 4.78 is 19.4. The second kappa shape index (κ2) is 8.02. The van der Waals surface area contributed by atoms with Crippen molar-refractivity contribution in [3.05, 3.63) is 41.1 Å². The number of anilines is 1. The number of hydrogen-bond donors (Lipinski definition) is 1. The van der Waals surface area contributed by atoms with E-state index in [1.165, 1.54) is 31.0 Å². The zero-order chi connectivity index (χ0) is 17.6. The number of halogens is 1. The third kappa shape index (κ3) is 4.35. The lowest BCUT2D eigenvalue weighted by molar-refractivity contribution is 0.0588. The van der Waals surface area contributed by atoms with E-state index in [1.807, 2.05) is 13.8 Å². The van der Waals surface area contributed by atoms with E-state index in [0.717, 1.165) is 6.20 Å². The van der Waals surface area contributed by atoms with Gasteiger partial charge in [-0.25, -0.2) is 9.18 Å². The number of nitrogens with zero attached hydrogens (tertiary/aromatic N) is 3. The highest BCUT2D eigenvalue weighted by atomic mass is 19.1. The molecule has 0 radical (unpaired) electrons. The molecule has 0 spiro atoms. The number of carbonyl (C=O) groups is 2. The molecule has 0 bridgehead atoms. The standard InChI is InChI=1S/C13H13FN4O3.C2H6/c1-7-4-8(9(14)6-15-7)12(19)16-11-5-10(13(20)21-3)18(2)17-11;1-2/h4-6H,1-3H3,(H,16,17,19);1-2H3. The van der Waals surface area contributed by atoms with Crippen molar-refractivity contribution in [3.8, 4) is 0 Å². The van der Waals surface area contributed by atoms with Crippen molar-refractivity contribution < 1.29 is 18.7 Å². The first-order valence-corrected chi connectivity index (χ1v) is 6.98. The van der Waals surface area contributed by atoms with Gasteiger partial charge in [-0.1, -0.05) is 13.8 Å². The molecule has 8 heteroatoms. The lowest BCUT2D eigenvalue weighted by Crippen LogP contribution is -2.15. The molecule has 2 rings (SSSR count). The first-order chi connectivity index (χ1) is 10.9. The van der Waals surface area contributed by atoms with Crippen LogP contribution < -0.4 is 5.32 Å². The highest BCUT2D eigenvalue weighted by Gasteiger charge is 2.17. The van der Waals surface area contributed by atoms with E-state index >= 15 is 0 Å². The van der Waals surface area contributed by atoms with Crippen LogP contribution in [0.2, 0.25) is 0 Å². The Hall–Kier alpha value is -2.77. The Kier molecular flexibility index (Phi) is 6.37. The van der Waals surface area contributed by atoms with Crippen LogP contribution in [0.4, 0.5) is 10.2 Å². The minimum Gasteiger partial charge on any atom is -0.464 e. The van der Waals surface area contributed by atoms with Gasteiger partial charge in [0.2, 0.25) is 0 Å². The van der Waals surface area contributed by atoms with Crippen molar-refractivity contribution >= 4 is 17.7 Å². The Morgan fingerprint density at radius 2 is 1.96 bits per heavy atom. The molecule has 0 aliphatic carbocycles.